The molecule has 0 spiro atoms. The van der Waals surface area contributed by atoms with Crippen molar-refractivity contribution in [2.45, 2.75) is 38.1 Å². The molecule has 1 unspecified atom stereocenters. The number of aliphatic hydroxyl groups is 1. The van der Waals surface area contributed by atoms with Gasteiger partial charge in [0.2, 0.25) is 0 Å². The molecule has 1 rings (SSSR count). The van der Waals surface area contributed by atoms with Gasteiger partial charge in [-0.25, -0.2) is 0 Å². The van der Waals surface area contributed by atoms with Gasteiger partial charge >= 0.3 is 0 Å². The average Bonchev–Trinajstić information content (AvgIpc) is 2.36. The predicted molar refractivity (Wildman–Crippen MR) is 50.8 cm³/mol. The van der Waals surface area contributed by atoms with Crippen LogP contribution in [0.4, 0.5) is 0 Å². The van der Waals surface area contributed by atoms with E-state index >= 15 is 0 Å². The second kappa shape index (κ2) is 4.23. The van der Waals surface area contributed by atoms with Gasteiger partial charge in [0.05, 0.1) is 6.10 Å². The van der Waals surface area contributed by atoms with E-state index in [1.54, 1.807) is 0 Å². The van der Waals surface area contributed by atoms with Crippen LogP contribution in [0.3, 0.4) is 0 Å². The lowest BCUT2D eigenvalue weighted by Gasteiger charge is -2.21. The Labute approximate surface area is 71.2 Å². The third kappa shape index (κ3) is 2.29. The molecular weight excluding hydrogens is 154 g/mol. The molecule has 0 amide bonds. The largest absolute Gasteiger partial charge is 0.392 e. The minimum atomic E-state index is -0.164. The highest BCUT2D eigenvalue weighted by molar-refractivity contribution is 6.33. The van der Waals surface area contributed by atoms with Crippen molar-refractivity contribution in [1.82, 2.24) is 5.32 Å². The number of rotatable bonds is 3. The van der Waals surface area contributed by atoms with Crippen LogP contribution < -0.4 is 5.32 Å². The first kappa shape index (κ1) is 9.23. The molecule has 2 N–H and O–H groups in total. The molecule has 3 heteroatoms. The summed E-state index contributed by atoms with van der Waals surface area (Å²) in [6.07, 6.45) is 1.11. The van der Waals surface area contributed by atoms with E-state index in [1.807, 2.05) is 6.92 Å². The predicted octanol–water partition coefficient (Wildman–Crippen LogP) is -0.0195. The summed E-state index contributed by atoms with van der Waals surface area (Å²) >= 11 is 0. The second-order valence-corrected chi connectivity index (χ2v) is 5.14. The zero-order valence-electron chi connectivity index (χ0n) is 7.51. The van der Waals surface area contributed by atoms with Gasteiger partial charge in [-0.05, 0) is 25.8 Å². The lowest BCUT2D eigenvalue weighted by molar-refractivity contribution is 0.137. The van der Waals surface area contributed by atoms with Crippen LogP contribution in [0.5, 0.6) is 0 Å². The Hall–Kier alpha value is 0.137. The molecule has 1 heterocycles. The molecule has 0 aromatic carbocycles. The third-order valence-corrected chi connectivity index (χ3v) is 3.90. The number of nitrogens with one attached hydrogen (secondary N) is 1. The molecule has 0 bridgehead atoms. The molecule has 2 nitrogen and oxygen atoms in total. The fourth-order valence-corrected chi connectivity index (χ4v) is 3.43. The van der Waals surface area contributed by atoms with Crippen LogP contribution >= 0.6 is 0 Å². The first-order chi connectivity index (χ1) is 5.25. The van der Waals surface area contributed by atoms with Crippen molar-refractivity contribution >= 4 is 9.52 Å². The van der Waals surface area contributed by atoms with E-state index in [0.29, 0.717) is 6.04 Å². The van der Waals surface area contributed by atoms with E-state index in [0.717, 1.165) is 12.5 Å². The summed E-state index contributed by atoms with van der Waals surface area (Å²) in [7, 11) is 0.170. The summed E-state index contributed by atoms with van der Waals surface area (Å²) < 4.78 is 0. The minimum absolute atomic E-state index is 0.164. The fraction of sp³-hybridized carbons (Fsp3) is 1.00. The van der Waals surface area contributed by atoms with Crippen molar-refractivity contribution in [3.05, 3.63) is 0 Å². The van der Waals surface area contributed by atoms with E-state index in [4.69, 9.17) is 0 Å². The summed E-state index contributed by atoms with van der Waals surface area (Å²) in [4.78, 5) is 0. The Kier molecular flexibility index (Phi) is 3.55. The Balaban J connectivity index is 2.37. The highest BCUT2D eigenvalue weighted by Crippen LogP contribution is 2.21. The number of hydrogen-bond donors (Lipinski definition) is 2. The van der Waals surface area contributed by atoms with Gasteiger partial charge in [0, 0.05) is 15.6 Å². The maximum atomic E-state index is 9.40. The zero-order chi connectivity index (χ0) is 8.27. The van der Waals surface area contributed by atoms with Crippen molar-refractivity contribution in [3.63, 3.8) is 0 Å². The van der Waals surface area contributed by atoms with Gasteiger partial charge in [0.15, 0.2) is 0 Å². The summed E-state index contributed by atoms with van der Waals surface area (Å²) in [5.74, 6) is 0.770. The van der Waals surface area contributed by atoms with Crippen LogP contribution in [-0.2, 0) is 0 Å². The number of hydrogen-bond acceptors (Lipinski definition) is 2. The van der Waals surface area contributed by atoms with Gasteiger partial charge < -0.3 is 10.4 Å². The molecule has 66 valence electrons. The van der Waals surface area contributed by atoms with Gasteiger partial charge in [-0.2, -0.15) is 0 Å². The highest BCUT2D eigenvalue weighted by atomic mass is 28.2. The average molecular weight is 173 g/mol. The van der Waals surface area contributed by atoms with E-state index < -0.39 is 0 Å². The number of aliphatic hydroxyl groups excluding tert-OH is 1. The lowest BCUT2D eigenvalue weighted by Crippen LogP contribution is -2.37. The van der Waals surface area contributed by atoms with Crippen molar-refractivity contribution < 1.29 is 5.11 Å². The third-order valence-electron chi connectivity index (χ3n) is 2.58. The first-order valence-electron chi connectivity index (χ1n) is 4.67. The molecule has 11 heavy (non-hydrogen) atoms. The molecule has 0 radical (unpaired) electrons. The minimum Gasteiger partial charge on any atom is -0.392 e. The Morgan fingerprint density at radius 3 is 3.00 bits per heavy atom. The summed E-state index contributed by atoms with van der Waals surface area (Å²) in [5, 5.41) is 12.8. The Morgan fingerprint density at radius 1 is 1.73 bits per heavy atom. The van der Waals surface area contributed by atoms with Crippen molar-refractivity contribution in [1.29, 1.82) is 0 Å². The fourth-order valence-electron chi connectivity index (χ4n) is 2.04. The van der Waals surface area contributed by atoms with Crippen LogP contribution in [0.15, 0.2) is 0 Å². The lowest BCUT2D eigenvalue weighted by atomic mass is 9.99. The smallest absolute Gasteiger partial charge is 0.0667 e. The van der Waals surface area contributed by atoms with E-state index in [-0.39, 0.29) is 15.6 Å². The molecule has 1 fully saturated rings. The Morgan fingerprint density at radius 2 is 2.45 bits per heavy atom. The van der Waals surface area contributed by atoms with Gasteiger partial charge in [-0.3, -0.25) is 0 Å². The molecule has 3 atom stereocenters. The molecule has 1 aliphatic heterocycles. The van der Waals surface area contributed by atoms with Gasteiger partial charge in [0.25, 0.3) is 0 Å². The topological polar surface area (TPSA) is 32.3 Å². The van der Waals surface area contributed by atoms with Crippen molar-refractivity contribution in [3.8, 4) is 0 Å². The van der Waals surface area contributed by atoms with Crippen LogP contribution in [0.2, 0.25) is 12.6 Å². The summed E-state index contributed by atoms with van der Waals surface area (Å²) in [6, 6.07) is 1.78. The SMILES string of the molecule is C[SiH2]CC1CCN[C@@H]1[C@@H](C)O. The maximum Gasteiger partial charge on any atom is 0.0667 e. The summed E-state index contributed by atoms with van der Waals surface area (Å²) in [5.41, 5.74) is 0. The molecule has 1 saturated heterocycles. The van der Waals surface area contributed by atoms with Crippen LogP contribution in [0, 0.1) is 5.92 Å². The standard InChI is InChI=1S/C8H19NOSi/c1-6(10)8-7(5-11-2)3-4-9-8/h6-10H,3-5,11H2,1-2H3/t6-,7?,8-/m1/s1. The van der Waals surface area contributed by atoms with Crippen molar-refractivity contribution in [2.75, 3.05) is 6.54 Å². The first-order valence-corrected chi connectivity index (χ1v) is 7.08. The van der Waals surface area contributed by atoms with Gasteiger partial charge in [-0.1, -0.05) is 12.6 Å². The van der Waals surface area contributed by atoms with E-state index in [1.165, 1.54) is 12.5 Å². The van der Waals surface area contributed by atoms with Crippen LogP contribution in [-0.4, -0.2) is 33.3 Å². The second-order valence-electron chi connectivity index (χ2n) is 3.56. The van der Waals surface area contributed by atoms with Crippen molar-refractivity contribution in [2.24, 2.45) is 5.92 Å². The monoisotopic (exact) mass is 173 g/mol. The van der Waals surface area contributed by atoms with Crippen LogP contribution in [0.1, 0.15) is 13.3 Å². The van der Waals surface area contributed by atoms with E-state index in [2.05, 4.69) is 11.9 Å². The van der Waals surface area contributed by atoms with Crippen LogP contribution in [0.25, 0.3) is 0 Å². The molecular formula is C8H19NOSi. The Bertz CT molecular complexity index is 119. The van der Waals surface area contributed by atoms with Gasteiger partial charge in [0.1, 0.15) is 0 Å². The van der Waals surface area contributed by atoms with E-state index in [9.17, 15) is 5.11 Å². The summed E-state index contributed by atoms with van der Waals surface area (Å²) in [6.45, 7) is 5.35. The normalized spacial score (nSPS) is 35.2. The van der Waals surface area contributed by atoms with Gasteiger partial charge in [-0.15, -0.1) is 0 Å². The molecule has 0 aromatic rings. The molecule has 0 aliphatic carbocycles. The maximum absolute atomic E-state index is 9.40. The molecule has 0 aromatic heterocycles. The quantitative estimate of drug-likeness (QED) is 0.588. The zero-order valence-corrected chi connectivity index (χ0v) is 8.92. The molecule has 1 aliphatic rings. The highest BCUT2D eigenvalue weighted by Gasteiger charge is 2.28. The molecule has 0 saturated carbocycles.